The van der Waals surface area contributed by atoms with Crippen LogP contribution in [0.3, 0.4) is 0 Å². The summed E-state index contributed by atoms with van der Waals surface area (Å²) in [5, 5.41) is 15.5. The van der Waals surface area contributed by atoms with Crippen LogP contribution in [0.4, 0.5) is 4.79 Å². The summed E-state index contributed by atoms with van der Waals surface area (Å²) in [7, 11) is -4.52. The molecule has 0 bridgehead atoms. The number of hydroxylamine groups is 2. The Labute approximate surface area is 268 Å². The summed E-state index contributed by atoms with van der Waals surface area (Å²) in [5.74, 6) is -1.50. The molecule has 1 heterocycles. The van der Waals surface area contributed by atoms with E-state index < -0.39 is 50.4 Å². The van der Waals surface area contributed by atoms with E-state index in [0.29, 0.717) is 17.9 Å². The Bertz CT molecular complexity index is 1350. The molecular formula is C30H44N3O12P. The van der Waals surface area contributed by atoms with Crippen LogP contribution in [0, 0.1) is 5.92 Å². The number of carbonyl (C=O) groups is 4. The van der Waals surface area contributed by atoms with Gasteiger partial charge in [-0.1, -0.05) is 33.1 Å². The van der Waals surface area contributed by atoms with E-state index in [-0.39, 0.29) is 47.8 Å². The van der Waals surface area contributed by atoms with Crippen molar-refractivity contribution in [2.75, 3.05) is 20.1 Å². The van der Waals surface area contributed by atoms with Gasteiger partial charge in [-0.15, -0.1) is 0 Å². The number of amides is 3. The van der Waals surface area contributed by atoms with Crippen molar-refractivity contribution < 1.29 is 57.0 Å². The van der Waals surface area contributed by atoms with Crippen molar-refractivity contribution in [3.8, 4) is 17.1 Å². The zero-order valence-corrected chi connectivity index (χ0v) is 27.6. The smallest absolute Gasteiger partial charge is 0.494 e. The third-order valence-corrected chi connectivity index (χ3v) is 8.04. The first-order valence-corrected chi connectivity index (χ1v) is 16.6. The Morgan fingerprint density at radius 3 is 2.46 bits per heavy atom. The van der Waals surface area contributed by atoms with Crippen molar-refractivity contribution in [1.82, 2.24) is 15.7 Å². The number of benzene rings is 1. The molecule has 2 aromatic rings. The SMILES string of the molecule is CCCCC[C@@H](C(=O)NCNC(=O)c1ccc(-c2cc(OCC)cc(P(=O)(O)OCOC(=O)OC(C)C)c2)o1)[C@@H](CC)N(O)C=O. The largest absolute Gasteiger partial charge is 0.510 e. The summed E-state index contributed by atoms with van der Waals surface area (Å²) in [6.45, 7) is 7.87. The van der Waals surface area contributed by atoms with Crippen LogP contribution in [-0.2, 0) is 28.2 Å². The lowest BCUT2D eigenvalue weighted by atomic mass is 9.90. The number of furan rings is 1. The van der Waals surface area contributed by atoms with Gasteiger partial charge in [0.15, 0.2) is 5.76 Å². The standard InChI is InChI=1S/C30H44N3O12P/c1-6-9-10-11-24(25(7-2)33(38)18-34)28(35)31-17-32-29(36)27-13-12-26(45-27)21-14-22(41-8-3)16-23(15-21)46(39,40)43-19-42-30(37)44-20(4)5/h12-16,18,20,24-25,38H,6-11,17,19H2,1-5H3,(H,31,35)(H,32,36)(H,39,40)/t24-,25-/m1/s1. The highest BCUT2D eigenvalue weighted by atomic mass is 31.2. The van der Waals surface area contributed by atoms with Gasteiger partial charge < -0.3 is 34.2 Å². The van der Waals surface area contributed by atoms with E-state index >= 15 is 0 Å². The van der Waals surface area contributed by atoms with Crippen molar-refractivity contribution in [3.63, 3.8) is 0 Å². The molecule has 1 aromatic heterocycles. The molecule has 0 spiro atoms. The van der Waals surface area contributed by atoms with Gasteiger partial charge in [0.2, 0.25) is 19.1 Å². The first kappa shape index (κ1) is 38.3. The molecule has 46 heavy (non-hydrogen) atoms. The van der Waals surface area contributed by atoms with Crippen molar-refractivity contribution >= 4 is 37.3 Å². The van der Waals surface area contributed by atoms with Crippen LogP contribution in [-0.4, -0.2) is 71.8 Å². The average Bonchev–Trinajstić information content (AvgIpc) is 3.51. The molecule has 4 N–H and O–H groups in total. The van der Waals surface area contributed by atoms with E-state index in [1.807, 2.05) is 6.92 Å². The molecule has 0 saturated heterocycles. The fourth-order valence-corrected chi connectivity index (χ4v) is 5.41. The predicted molar refractivity (Wildman–Crippen MR) is 165 cm³/mol. The quantitative estimate of drug-likeness (QED) is 0.0296. The molecule has 16 heteroatoms. The number of nitrogens with one attached hydrogen (secondary N) is 2. The van der Waals surface area contributed by atoms with Gasteiger partial charge in [0.25, 0.3) is 5.91 Å². The van der Waals surface area contributed by atoms with Gasteiger partial charge in [-0.05, 0) is 63.9 Å². The molecule has 1 unspecified atom stereocenters. The number of nitrogens with zero attached hydrogens (tertiary/aromatic N) is 1. The Balaban J connectivity index is 2.13. The molecule has 3 atom stereocenters. The maximum Gasteiger partial charge on any atom is 0.510 e. The summed E-state index contributed by atoms with van der Waals surface area (Å²) in [6.07, 6.45) is 2.09. The second-order valence-corrected chi connectivity index (χ2v) is 12.2. The van der Waals surface area contributed by atoms with Gasteiger partial charge in [0, 0.05) is 5.56 Å². The number of unbranched alkanes of at least 4 members (excludes halogenated alkanes) is 2. The van der Waals surface area contributed by atoms with Crippen LogP contribution in [0.5, 0.6) is 5.75 Å². The summed E-state index contributed by atoms with van der Waals surface area (Å²) in [4.78, 5) is 59.0. The highest BCUT2D eigenvalue weighted by Crippen LogP contribution is 2.43. The highest BCUT2D eigenvalue weighted by molar-refractivity contribution is 7.61. The van der Waals surface area contributed by atoms with E-state index in [4.69, 9.17) is 18.4 Å². The first-order chi connectivity index (χ1) is 21.9. The van der Waals surface area contributed by atoms with Crippen molar-refractivity contribution in [3.05, 3.63) is 36.1 Å². The van der Waals surface area contributed by atoms with Gasteiger partial charge >= 0.3 is 13.8 Å². The van der Waals surface area contributed by atoms with E-state index in [1.165, 1.54) is 30.3 Å². The van der Waals surface area contributed by atoms with Crippen LogP contribution in [0.1, 0.15) is 77.3 Å². The molecule has 0 radical (unpaired) electrons. The number of rotatable bonds is 20. The molecular weight excluding hydrogens is 625 g/mol. The molecule has 256 valence electrons. The van der Waals surface area contributed by atoms with Crippen molar-refractivity contribution in [1.29, 1.82) is 0 Å². The number of ether oxygens (including phenoxy) is 3. The van der Waals surface area contributed by atoms with Gasteiger partial charge in [-0.3, -0.25) is 28.7 Å². The maximum absolute atomic E-state index is 13.0. The molecule has 0 fully saturated rings. The summed E-state index contributed by atoms with van der Waals surface area (Å²) in [6, 6.07) is 6.28. The molecule has 0 aliphatic heterocycles. The fourth-order valence-electron chi connectivity index (χ4n) is 4.48. The van der Waals surface area contributed by atoms with Crippen molar-refractivity contribution in [2.45, 2.75) is 78.9 Å². The second kappa shape index (κ2) is 18.9. The lowest BCUT2D eigenvalue weighted by Gasteiger charge is -2.29. The monoisotopic (exact) mass is 669 g/mol. The van der Waals surface area contributed by atoms with E-state index in [9.17, 15) is 33.8 Å². The average molecular weight is 670 g/mol. The van der Waals surface area contributed by atoms with Crippen LogP contribution in [0.2, 0.25) is 0 Å². The fraction of sp³-hybridized carbons (Fsp3) is 0.533. The molecule has 0 aliphatic carbocycles. The van der Waals surface area contributed by atoms with Crippen LogP contribution in [0.25, 0.3) is 11.3 Å². The van der Waals surface area contributed by atoms with Crippen LogP contribution < -0.4 is 20.7 Å². The Morgan fingerprint density at radius 1 is 1.09 bits per heavy atom. The molecule has 0 aliphatic rings. The first-order valence-electron chi connectivity index (χ1n) is 15.0. The summed E-state index contributed by atoms with van der Waals surface area (Å²) in [5.41, 5.74) is 0.288. The maximum atomic E-state index is 13.0. The van der Waals surface area contributed by atoms with E-state index in [1.54, 1.807) is 27.7 Å². The van der Waals surface area contributed by atoms with E-state index in [2.05, 4.69) is 15.4 Å². The zero-order chi connectivity index (χ0) is 34.3. The molecule has 2 rings (SSSR count). The predicted octanol–water partition coefficient (Wildman–Crippen LogP) is 4.32. The number of carbonyl (C=O) groups excluding carboxylic acids is 4. The van der Waals surface area contributed by atoms with Gasteiger partial charge in [-0.25, -0.2) is 9.86 Å². The molecule has 3 amide bonds. The molecule has 1 aromatic carbocycles. The minimum Gasteiger partial charge on any atom is -0.494 e. The van der Waals surface area contributed by atoms with Gasteiger partial charge in [0.1, 0.15) is 11.5 Å². The van der Waals surface area contributed by atoms with Crippen LogP contribution >= 0.6 is 7.60 Å². The van der Waals surface area contributed by atoms with Gasteiger partial charge in [-0.2, -0.15) is 0 Å². The van der Waals surface area contributed by atoms with Crippen molar-refractivity contribution in [2.24, 2.45) is 5.92 Å². The third-order valence-electron chi connectivity index (χ3n) is 6.68. The lowest BCUT2D eigenvalue weighted by Crippen LogP contribution is -2.47. The Morgan fingerprint density at radius 2 is 1.83 bits per heavy atom. The molecule has 15 nitrogen and oxygen atoms in total. The molecule has 0 saturated carbocycles. The third kappa shape index (κ3) is 11.8. The topological polar surface area (TPSA) is 203 Å². The normalized spacial score (nSPS) is 13.7. The van der Waals surface area contributed by atoms with E-state index in [0.717, 1.165) is 19.3 Å². The lowest BCUT2D eigenvalue weighted by molar-refractivity contribution is -0.168. The highest BCUT2D eigenvalue weighted by Gasteiger charge is 2.31. The summed E-state index contributed by atoms with van der Waals surface area (Å²) < 4.78 is 38.6. The van der Waals surface area contributed by atoms with Gasteiger partial charge in [0.05, 0.1) is 36.6 Å². The minimum atomic E-state index is -4.52. The second-order valence-electron chi connectivity index (χ2n) is 10.4. The minimum absolute atomic E-state index is 0.110. The number of hydrogen-bond acceptors (Lipinski definition) is 11. The summed E-state index contributed by atoms with van der Waals surface area (Å²) >= 11 is 0. The van der Waals surface area contributed by atoms with Crippen LogP contribution in [0.15, 0.2) is 34.7 Å². The number of hydrogen-bond donors (Lipinski definition) is 4. The Hall–Kier alpha value is -3.91. The Kier molecular flexibility index (Phi) is 15.7. The zero-order valence-electron chi connectivity index (χ0n) is 26.7.